The lowest BCUT2D eigenvalue weighted by atomic mass is 9.67. The molecule has 0 aliphatic heterocycles. The van der Waals surface area contributed by atoms with E-state index in [4.69, 9.17) is 0 Å². The summed E-state index contributed by atoms with van der Waals surface area (Å²) in [5.41, 5.74) is 3.68. The molecule has 4 rings (SSSR count). The van der Waals surface area contributed by atoms with Gasteiger partial charge in [0.1, 0.15) is 0 Å². The van der Waals surface area contributed by atoms with Gasteiger partial charge < -0.3 is 5.11 Å². The van der Waals surface area contributed by atoms with Crippen molar-refractivity contribution in [2.45, 2.75) is 70.3 Å². The molecule has 0 saturated heterocycles. The van der Waals surface area contributed by atoms with Crippen LogP contribution in [0.15, 0.2) is 48.8 Å². The first-order chi connectivity index (χ1) is 15.8. The van der Waals surface area contributed by atoms with Crippen LogP contribution in [0, 0.1) is 25.2 Å². The number of nitriles is 1. The molecule has 1 aliphatic carbocycles. The average molecular weight is 443 g/mol. The molecule has 0 spiro atoms. The van der Waals surface area contributed by atoms with E-state index in [0.717, 1.165) is 22.6 Å². The number of carbonyl (C=O) groups excluding carboxylic acids is 1. The monoisotopic (exact) mass is 442 g/mol. The van der Waals surface area contributed by atoms with Gasteiger partial charge in [-0.1, -0.05) is 30.7 Å². The molecule has 1 fully saturated rings. The van der Waals surface area contributed by atoms with Gasteiger partial charge in [-0.3, -0.25) is 9.78 Å². The summed E-state index contributed by atoms with van der Waals surface area (Å²) in [7, 11) is 0. The normalized spacial score (nSPS) is 22.6. The van der Waals surface area contributed by atoms with E-state index in [2.05, 4.69) is 16.2 Å². The summed E-state index contributed by atoms with van der Waals surface area (Å²) in [5, 5.41) is 24.9. The molecular weight excluding hydrogens is 412 g/mol. The maximum absolute atomic E-state index is 13.0. The maximum Gasteiger partial charge on any atom is 0.170 e. The Labute approximate surface area is 194 Å². The Morgan fingerprint density at radius 3 is 2.36 bits per heavy atom. The zero-order chi connectivity index (χ0) is 23.6. The Kier molecular flexibility index (Phi) is 6.18. The van der Waals surface area contributed by atoms with Crippen LogP contribution < -0.4 is 0 Å². The fourth-order valence-corrected chi connectivity index (χ4v) is 4.64. The molecule has 6 heteroatoms. The number of benzene rings is 1. The van der Waals surface area contributed by atoms with Crippen molar-refractivity contribution in [3.05, 3.63) is 76.9 Å². The molecule has 6 nitrogen and oxygen atoms in total. The van der Waals surface area contributed by atoms with Gasteiger partial charge in [-0.25, -0.2) is 4.68 Å². The molecule has 1 aliphatic rings. The van der Waals surface area contributed by atoms with Crippen LogP contribution in [0.3, 0.4) is 0 Å². The summed E-state index contributed by atoms with van der Waals surface area (Å²) in [5.74, 6) is -0.0129. The van der Waals surface area contributed by atoms with Gasteiger partial charge in [-0.15, -0.1) is 0 Å². The number of Topliss-reactive ketones (excluding diaryl/α,β-unsaturated/α-hetero) is 1. The van der Waals surface area contributed by atoms with Crippen molar-refractivity contribution in [3.63, 3.8) is 0 Å². The van der Waals surface area contributed by atoms with Gasteiger partial charge in [0, 0.05) is 12.6 Å². The lowest BCUT2D eigenvalue weighted by molar-refractivity contribution is -0.0125. The van der Waals surface area contributed by atoms with Gasteiger partial charge in [0.05, 0.1) is 45.9 Å². The lowest BCUT2D eigenvalue weighted by Crippen LogP contribution is -2.40. The second-order valence-corrected chi connectivity index (χ2v) is 9.31. The smallest absolute Gasteiger partial charge is 0.170 e. The molecule has 0 unspecified atom stereocenters. The van der Waals surface area contributed by atoms with Crippen LogP contribution in [0.5, 0.6) is 0 Å². The minimum atomic E-state index is -0.673. The topological polar surface area (TPSA) is 91.8 Å². The van der Waals surface area contributed by atoms with Crippen LogP contribution in [-0.2, 0) is 11.8 Å². The fraction of sp³-hybridized carbons (Fsp3) is 0.407. The molecule has 0 atom stereocenters. The Balaban J connectivity index is 1.48. The van der Waals surface area contributed by atoms with Gasteiger partial charge in [0.2, 0.25) is 0 Å². The number of nitrogens with zero attached hydrogens (tertiary/aromatic N) is 4. The van der Waals surface area contributed by atoms with Crippen LogP contribution in [0.25, 0.3) is 5.69 Å². The molecule has 2 aromatic heterocycles. The number of ketones is 1. The zero-order valence-corrected chi connectivity index (χ0v) is 19.5. The summed E-state index contributed by atoms with van der Waals surface area (Å²) in [6.07, 6.45) is 6.64. The van der Waals surface area contributed by atoms with Crippen LogP contribution in [-0.4, -0.2) is 31.3 Å². The number of pyridine rings is 1. The first-order valence-electron chi connectivity index (χ1n) is 11.5. The van der Waals surface area contributed by atoms with Crippen LogP contribution in [0.1, 0.15) is 71.9 Å². The van der Waals surface area contributed by atoms with E-state index in [1.807, 2.05) is 57.2 Å². The third kappa shape index (κ3) is 4.46. The summed E-state index contributed by atoms with van der Waals surface area (Å²) in [4.78, 5) is 17.6. The third-order valence-electron chi connectivity index (χ3n) is 7.17. The van der Waals surface area contributed by atoms with Gasteiger partial charge in [-0.2, -0.15) is 10.4 Å². The molecule has 33 heavy (non-hydrogen) atoms. The predicted octanol–water partition coefficient (Wildman–Crippen LogP) is 4.79. The average Bonchev–Trinajstić information content (AvgIpc) is 3.22. The van der Waals surface area contributed by atoms with Gasteiger partial charge in [0.25, 0.3) is 0 Å². The van der Waals surface area contributed by atoms with Gasteiger partial charge >= 0.3 is 0 Å². The number of aliphatic hydroxyl groups is 1. The van der Waals surface area contributed by atoms with E-state index in [0.29, 0.717) is 37.7 Å². The summed E-state index contributed by atoms with van der Waals surface area (Å²) in [6, 6.07) is 14.2. The number of carbonyl (C=O) groups is 1. The minimum Gasteiger partial charge on any atom is -0.390 e. The highest BCUT2D eigenvalue weighted by molar-refractivity contribution is 5.98. The van der Waals surface area contributed by atoms with Crippen molar-refractivity contribution in [1.82, 2.24) is 14.8 Å². The van der Waals surface area contributed by atoms with E-state index in [-0.39, 0.29) is 12.2 Å². The van der Waals surface area contributed by atoms with Crippen LogP contribution >= 0.6 is 0 Å². The second kappa shape index (κ2) is 8.92. The van der Waals surface area contributed by atoms with Gasteiger partial charge in [0.15, 0.2) is 5.78 Å². The first kappa shape index (κ1) is 22.9. The van der Waals surface area contributed by atoms with E-state index >= 15 is 0 Å². The Morgan fingerprint density at radius 2 is 1.79 bits per heavy atom. The van der Waals surface area contributed by atoms with Crippen molar-refractivity contribution >= 4 is 5.78 Å². The summed E-state index contributed by atoms with van der Waals surface area (Å²) < 4.78 is 1.78. The molecular formula is C27H30N4O2. The number of rotatable bonds is 6. The van der Waals surface area contributed by atoms with Crippen molar-refractivity contribution in [2.24, 2.45) is 0 Å². The molecule has 170 valence electrons. The number of aromatic nitrogens is 3. The Hall–Kier alpha value is -3.30. The van der Waals surface area contributed by atoms with E-state index in [9.17, 15) is 15.2 Å². The van der Waals surface area contributed by atoms with Crippen LogP contribution in [0.4, 0.5) is 0 Å². The van der Waals surface area contributed by atoms with Crippen molar-refractivity contribution in [2.75, 3.05) is 0 Å². The third-order valence-corrected chi connectivity index (χ3v) is 7.17. The van der Waals surface area contributed by atoms with E-state index in [1.165, 1.54) is 5.56 Å². The van der Waals surface area contributed by atoms with Gasteiger partial charge in [-0.05, 0) is 69.7 Å². The minimum absolute atomic E-state index is 0.0129. The number of hydrogen-bond acceptors (Lipinski definition) is 5. The Bertz CT molecular complexity index is 1180. The first-order valence-corrected chi connectivity index (χ1v) is 11.5. The molecule has 0 amide bonds. The SMILES string of the molecule is CCC1(O)CCC(C#N)(c2ccc(CC(=O)c3cnn(-c4ccc(C)cc4)c3C)cn2)CC1. The number of aryl methyl sites for hydroxylation is 1. The summed E-state index contributed by atoms with van der Waals surface area (Å²) in [6.45, 7) is 5.92. The fourth-order valence-electron chi connectivity index (χ4n) is 4.64. The van der Waals surface area contributed by atoms with E-state index < -0.39 is 11.0 Å². The summed E-state index contributed by atoms with van der Waals surface area (Å²) >= 11 is 0. The molecule has 1 saturated carbocycles. The highest BCUT2D eigenvalue weighted by atomic mass is 16.3. The molecule has 0 bridgehead atoms. The van der Waals surface area contributed by atoms with Crippen molar-refractivity contribution < 1.29 is 9.90 Å². The van der Waals surface area contributed by atoms with Crippen molar-refractivity contribution in [1.29, 1.82) is 5.26 Å². The highest BCUT2D eigenvalue weighted by Gasteiger charge is 2.43. The molecule has 1 N–H and O–H groups in total. The zero-order valence-electron chi connectivity index (χ0n) is 19.5. The quantitative estimate of drug-likeness (QED) is 0.554. The lowest BCUT2D eigenvalue weighted by Gasteiger charge is -2.39. The molecule has 2 heterocycles. The maximum atomic E-state index is 13.0. The number of hydrogen-bond donors (Lipinski definition) is 1. The second-order valence-electron chi connectivity index (χ2n) is 9.31. The largest absolute Gasteiger partial charge is 0.390 e. The molecule has 1 aromatic carbocycles. The Morgan fingerprint density at radius 1 is 1.09 bits per heavy atom. The molecule has 0 radical (unpaired) electrons. The van der Waals surface area contributed by atoms with E-state index in [1.54, 1.807) is 17.1 Å². The highest BCUT2D eigenvalue weighted by Crippen LogP contribution is 2.43. The van der Waals surface area contributed by atoms with Crippen LogP contribution in [0.2, 0.25) is 0 Å². The van der Waals surface area contributed by atoms with Crippen molar-refractivity contribution in [3.8, 4) is 11.8 Å². The molecule has 3 aromatic rings. The predicted molar refractivity (Wildman–Crippen MR) is 126 cm³/mol. The standard InChI is InChI=1S/C27H30N4O2/c1-4-27(33)13-11-26(18-28,12-14-27)25-10-7-21(16-29-25)15-24(32)23-17-30-31(20(23)3)22-8-5-19(2)6-9-22/h5-10,16-17,33H,4,11-15H2,1-3H3.